The van der Waals surface area contributed by atoms with Gasteiger partial charge in [-0.15, -0.1) is 11.8 Å². The minimum atomic E-state index is -3.32. The van der Waals surface area contributed by atoms with Gasteiger partial charge in [0.1, 0.15) is 5.82 Å². The fourth-order valence-electron chi connectivity index (χ4n) is 2.60. The summed E-state index contributed by atoms with van der Waals surface area (Å²) < 4.78 is 39.2. The molecule has 1 aromatic rings. The Morgan fingerprint density at radius 2 is 2.18 bits per heavy atom. The van der Waals surface area contributed by atoms with Crippen molar-refractivity contribution >= 4 is 27.7 Å². The average Bonchev–Trinajstić information content (AvgIpc) is 2.44. The van der Waals surface area contributed by atoms with Gasteiger partial charge in [0, 0.05) is 24.0 Å². The van der Waals surface area contributed by atoms with Gasteiger partial charge in [-0.05, 0) is 31.2 Å². The van der Waals surface area contributed by atoms with E-state index in [9.17, 15) is 17.6 Å². The van der Waals surface area contributed by atoms with Crippen LogP contribution in [0.25, 0.3) is 0 Å². The molecule has 0 bridgehead atoms. The van der Waals surface area contributed by atoms with Gasteiger partial charge >= 0.3 is 0 Å². The van der Waals surface area contributed by atoms with Crippen molar-refractivity contribution in [3.8, 4) is 0 Å². The molecule has 1 fully saturated rings. The number of nitrogens with one attached hydrogen (secondary N) is 1. The number of halogens is 1. The summed E-state index contributed by atoms with van der Waals surface area (Å²) in [6.07, 6.45) is 4.23. The van der Waals surface area contributed by atoms with E-state index in [0.717, 1.165) is 6.26 Å². The second-order valence-electron chi connectivity index (χ2n) is 5.30. The number of hydrogen-bond acceptors (Lipinski definition) is 4. The van der Waals surface area contributed by atoms with Crippen molar-refractivity contribution in [2.75, 3.05) is 25.6 Å². The molecule has 1 aliphatic heterocycles. The molecule has 1 N–H and O–H groups in total. The standard InChI is InChI=1S/C14H19FN2O3S2/c1-21-12-7-3-6-11(15)13(12)14(18)17-8-4-5-10(9-17)16-22(2,19)20/h3,6-7,10,16H,4-5,8-9H2,1-2H3/t10-/m0/s1. The van der Waals surface area contributed by atoms with E-state index in [4.69, 9.17) is 0 Å². The lowest BCUT2D eigenvalue weighted by atomic mass is 10.1. The van der Waals surface area contributed by atoms with Crippen molar-refractivity contribution in [2.24, 2.45) is 0 Å². The Labute approximate surface area is 134 Å². The van der Waals surface area contributed by atoms with E-state index in [2.05, 4.69) is 4.72 Å². The minimum absolute atomic E-state index is 0.0648. The number of carbonyl (C=O) groups is 1. The number of piperidine rings is 1. The second kappa shape index (κ2) is 6.97. The Kier molecular flexibility index (Phi) is 5.46. The van der Waals surface area contributed by atoms with Crippen LogP contribution in [-0.4, -0.2) is 50.9 Å². The van der Waals surface area contributed by atoms with Crippen LogP contribution in [0.1, 0.15) is 23.2 Å². The maximum atomic E-state index is 14.0. The quantitative estimate of drug-likeness (QED) is 0.843. The monoisotopic (exact) mass is 346 g/mol. The Morgan fingerprint density at radius 1 is 1.45 bits per heavy atom. The number of amides is 1. The number of benzene rings is 1. The van der Waals surface area contributed by atoms with E-state index in [0.29, 0.717) is 24.3 Å². The van der Waals surface area contributed by atoms with Crippen molar-refractivity contribution in [2.45, 2.75) is 23.8 Å². The van der Waals surface area contributed by atoms with Gasteiger partial charge in [0.05, 0.1) is 11.8 Å². The third-order valence-electron chi connectivity index (χ3n) is 3.50. The lowest BCUT2D eigenvalue weighted by Crippen LogP contribution is -2.49. The topological polar surface area (TPSA) is 66.5 Å². The van der Waals surface area contributed by atoms with Gasteiger partial charge in [-0.1, -0.05) is 6.07 Å². The number of sulfonamides is 1. The summed E-state index contributed by atoms with van der Waals surface area (Å²) in [6, 6.07) is 4.22. The molecule has 0 aromatic heterocycles. The smallest absolute Gasteiger partial charge is 0.258 e. The fraction of sp³-hybridized carbons (Fsp3) is 0.500. The summed E-state index contributed by atoms with van der Waals surface area (Å²) in [7, 11) is -3.32. The summed E-state index contributed by atoms with van der Waals surface area (Å²) >= 11 is 1.31. The molecule has 0 spiro atoms. The lowest BCUT2D eigenvalue weighted by molar-refractivity contribution is 0.0694. The molecule has 8 heteroatoms. The van der Waals surface area contributed by atoms with Crippen molar-refractivity contribution in [3.63, 3.8) is 0 Å². The molecule has 1 saturated heterocycles. The Balaban J connectivity index is 2.19. The highest BCUT2D eigenvalue weighted by Gasteiger charge is 2.28. The summed E-state index contributed by atoms with van der Waals surface area (Å²) in [5.41, 5.74) is 0.0648. The molecule has 22 heavy (non-hydrogen) atoms. The number of nitrogens with zero attached hydrogens (tertiary/aromatic N) is 1. The maximum absolute atomic E-state index is 14.0. The molecule has 122 valence electrons. The highest BCUT2D eigenvalue weighted by atomic mass is 32.2. The van der Waals surface area contributed by atoms with Crippen LogP contribution in [0.2, 0.25) is 0 Å². The van der Waals surface area contributed by atoms with Crippen LogP contribution in [0.15, 0.2) is 23.1 Å². The summed E-state index contributed by atoms with van der Waals surface area (Å²) in [5.74, 6) is -0.933. The molecule has 1 aromatic carbocycles. The van der Waals surface area contributed by atoms with Crippen LogP contribution in [0.4, 0.5) is 4.39 Å². The van der Waals surface area contributed by atoms with E-state index in [1.807, 2.05) is 0 Å². The average molecular weight is 346 g/mol. The zero-order valence-electron chi connectivity index (χ0n) is 12.5. The van der Waals surface area contributed by atoms with Crippen molar-refractivity contribution < 1.29 is 17.6 Å². The second-order valence-corrected chi connectivity index (χ2v) is 7.93. The summed E-state index contributed by atoms with van der Waals surface area (Å²) in [4.78, 5) is 14.7. The van der Waals surface area contributed by atoms with Crippen molar-refractivity contribution in [1.82, 2.24) is 9.62 Å². The fourth-order valence-corrected chi connectivity index (χ4v) is 4.00. The van der Waals surface area contributed by atoms with Crippen LogP contribution < -0.4 is 4.72 Å². The predicted octanol–water partition coefficient (Wildman–Crippen LogP) is 1.70. The molecule has 5 nitrogen and oxygen atoms in total. The molecule has 0 unspecified atom stereocenters. The third-order valence-corrected chi connectivity index (χ3v) is 5.04. The lowest BCUT2D eigenvalue weighted by Gasteiger charge is -2.33. The molecule has 1 amide bonds. The zero-order valence-corrected chi connectivity index (χ0v) is 14.1. The van der Waals surface area contributed by atoms with Gasteiger partial charge < -0.3 is 4.90 Å². The largest absolute Gasteiger partial charge is 0.337 e. The highest BCUT2D eigenvalue weighted by Crippen LogP contribution is 2.25. The number of rotatable bonds is 4. The molecule has 1 heterocycles. The summed E-state index contributed by atoms with van der Waals surface area (Å²) in [6.45, 7) is 0.761. The van der Waals surface area contributed by atoms with Gasteiger partial charge in [0.2, 0.25) is 10.0 Å². The van der Waals surface area contributed by atoms with Crippen molar-refractivity contribution in [3.05, 3.63) is 29.6 Å². The number of carbonyl (C=O) groups excluding carboxylic acids is 1. The molecule has 0 saturated carbocycles. The van der Waals surface area contributed by atoms with E-state index < -0.39 is 15.8 Å². The Morgan fingerprint density at radius 3 is 2.82 bits per heavy atom. The number of hydrogen-bond donors (Lipinski definition) is 1. The van der Waals surface area contributed by atoms with Crippen LogP contribution in [-0.2, 0) is 10.0 Å². The molecular formula is C14H19FN2O3S2. The maximum Gasteiger partial charge on any atom is 0.258 e. The molecular weight excluding hydrogens is 327 g/mol. The SMILES string of the molecule is CSc1cccc(F)c1C(=O)N1CCC[C@H](NS(C)(=O)=O)C1. The minimum Gasteiger partial charge on any atom is -0.337 e. The van der Waals surface area contributed by atoms with Crippen molar-refractivity contribution in [1.29, 1.82) is 0 Å². The number of likely N-dealkylation sites (tertiary alicyclic amines) is 1. The van der Waals surface area contributed by atoms with Crippen LogP contribution >= 0.6 is 11.8 Å². The first-order valence-corrected chi connectivity index (χ1v) is 10.0. The van der Waals surface area contributed by atoms with Gasteiger partial charge in [-0.3, -0.25) is 4.79 Å². The Bertz CT molecular complexity index is 664. The van der Waals surface area contributed by atoms with Crippen LogP contribution in [0.5, 0.6) is 0 Å². The molecule has 0 radical (unpaired) electrons. The highest BCUT2D eigenvalue weighted by molar-refractivity contribution is 7.98. The third kappa shape index (κ3) is 4.21. The Hall–Kier alpha value is -1.12. The van der Waals surface area contributed by atoms with Crippen LogP contribution in [0.3, 0.4) is 0 Å². The number of thioether (sulfide) groups is 1. The molecule has 0 aliphatic carbocycles. The van der Waals surface area contributed by atoms with Gasteiger partial charge in [-0.25, -0.2) is 17.5 Å². The normalized spacial score (nSPS) is 19.2. The molecule has 2 rings (SSSR count). The van der Waals surface area contributed by atoms with E-state index >= 15 is 0 Å². The van der Waals surface area contributed by atoms with Gasteiger partial charge in [0.25, 0.3) is 5.91 Å². The van der Waals surface area contributed by atoms with E-state index in [-0.39, 0.29) is 24.1 Å². The van der Waals surface area contributed by atoms with Gasteiger partial charge in [-0.2, -0.15) is 0 Å². The molecule has 1 atom stereocenters. The predicted molar refractivity (Wildman–Crippen MR) is 85.1 cm³/mol. The van der Waals surface area contributed by atoms with E-state index in [1.165, 1.54) is 22.7 Å². The van der Waals surface area contributed by atoms with E-state index in [1.54, 1.807) is 18.4 Å². The first-order valence-electron chi connectivity index (χ1n) is 6.91. The first-order chi connectivity index (χ1) is 10.3. The zero-order chi connectivity index (χ0) is 16.3. The van der Waals surface area contributed by atoms with Crippen LogP contribution in [0, 0.1) is 5.82 Å². The summed E-state index contributed by atoms with van der Waals surface area (Å²) in [5, 5.41) is 0. The molecule has 1 aliphatic rings. The first kappa shape index (κ1) is 17.2. The van der Waals surface area contributed by atoms with Gasteiger partial charge in [0.15, 0.2) is 0 Å².